The van der Waals surface area contributed by atoms with Gasteiger partial charge >= 0.3 is 0 Å². The van der Waals surface area contributed by atoms with Crippen molar-refractivity contribution in [1.29, 1.82) is 0 Å². The zero-order chi connectivity index (χ0) is 12.2. The lowest BCUT2D eigenvalue weighted by molar-refractivity contribution is 0.256. The molecular weight excluding hydrogens is 206 g/mol. The Hall–Kier alpha value is -0.820. The average Bonchev–Trinajstić information content (AvgIpc) is 2.84. The van der Waals surface area contributed by atoms with Gasteiger partial charge in [0.2, 0.25) is 0 Å². The summed E-state index contributed by atoms with van der Waals surface area (Å²) in [5.74, 6) is 1.69. The Labute approximate surface area is 105 Å². The first-order valence-electron chi connectivity index (χ1n) is 6.89. The highest BCUT2D eigenvalue weighted by atomic mass is 15.2. The molecular formula is C16H23N. The number of rotatable bonds is 1. The molecule has 2 bridgehead atoms. The van der Waals surface area contributed by atoms with Gasteiger partial charge in [-0.1, -0.05) is 17.7 Å². The highest BCUT2D eigenvalue weighted by Gasteiger charge is 2.44. The van der Waals surface area contributed by atoms with E-state index in [4.69, 9.17) is 0 Å². The number of benzene rings is 1. The Balaban J connectivity index is 2.05. The minimum Gasteiger partial charge on any atom is -0.300 e. The summed E-state index contributed by atoms with van der Waals surface area (Å²) in [4.78, 5) is 2.67. The van der Waals surface area contributed by atoms with Crippen molar-refractivity contribution in [3.63, 3.8) is 0 Å². The van der Waals surface area contributed by atoms with Crippen LogP contribution in [0.2, 0.25) is 0 Å². The van der Waals surface area contributed by atoms with Crippen LogP contribution in [0.5, 0.6) is 0 Å². The van der Waals surface area contributed by atoms with Crippen LogP contribution < -0.4 is 0 Å². The minimum atomic E-state index is 0.744. The lowest BCUT2D eigenvalue weighted by atomic mass is 9.78. The van der Waals surface area contributed by atoms with Gasteiger partial charge in [-0.05, 0) is 63.3 Å². The Kier molecular flexibility index (Phi) is 2.55. The lowest BCUT2D eigenvalue weighted by Crippen LogP contribution is -2.32. The summed E-state index contributed by atoms with van der Waals surface area (Å²) < 4.78 is 0. The normalized spacial score (nSPS) is 35.5. The van der Waals surface area contributed by atoms with Gasteiger partial charge in [0.25, 0.3) is 0 Å². The number of hydrogen-bond donors (Lipinski definition) is 0. The highest BCUT2D eigenvalue weighted by molar-refractivity contribution is 5.41. The summed E-state index contributed by atoms with van der Waals surface area (Å²) in [6.07, 6.45) is 1.40. The van der Waals surface area contributed by atoms with E-state index in [9.17, 15) is 0 Å². The SMILES string of the molecule is Cc1cc(C)c(C)c(C2C3CCN(C3)C2C)c1. The van der Waals surface area contributed by atoms with E-state index in [-0.39, 0.29) is 0 Å². The molecule has 0 spiro atoms. The Morgan fingerprint density at radius 2 is 1.94 bits per heavy atom. The molecule has 2 aliphatic heterocycles. The smallest absolute Gasteiger partial charge is 0.0139 e. The number of hydrogen-bond acceptors (Lipinski definition) is 1. The van der Waals surface area contributed by atoms with Crippen molar-refractivity contribution in [1.82, 2.24) is 4.90 Å². The van der Waals surface area contributed by atoms with Gasteiger partial charge in [0.1, 0.15) is 0 Å². The van der Waals surface area contributed by atoms with Gasteiger partial charge in [-0.15, -0.1) is 0 Å². The van der Waals surface area contributed by atoms with Gasteiger partial charge in [-0.3, -0.25) is 4.90 Å². The summed E-state index contributed by atoms with van der Waals surface area (Å²) in [5.41, 5.74) is 6.04. The van der Waals surface area contributed by atoms with Crippen molar-refractivity contribution in [2.45, 2.75) is 46.1 Å². The number of aryl methyl sites for hydroxylation is 2. The van der Waals surface area contributed by atoms with Crippen LogP contribution in [-0.2, 0) is 0 Å². The second-order valence-corrected chi connectivity index (χ2v) is 6.11. The van der Waals surface area contributed by atoms with Crippen LogP contribution in [0.4, 0.5) is 0 Å². The maximum Gasteiger partial charge on any atom is 0.0139 e. The van der Waals surface area contributed by atoms with E-state index in [2.05, 4.69) is 44.7 Å². The number of nitrogens with zero attached hydrogens (tertiary/aromatic N) is 1. The molecule has 0 aromatic heterocycles. The molecule has 3 rings (SSSR count). The largest absolute Gasteiger partial charge is 0.300 e. The van der Waals surface area contributed by atoms with Crippen molar-refractivity contribution in [2.24, 2.45) is 5.92 Å². The average molecular weight is 229 g/mol. The lowest BCUT2D eigenvalue weighted by Gasteiger charge is -2.31. The Morgan fingerprint density at radius 1 is 1.18 bits per heavy atom. The highest BCUT2D eigenvalue weighted by Crippen LogP contribution is 2.45. The van der Waals surface area contributed by atoms with Gasteiger partial charge < -0.3 is 0 Å². The molecule has 1 aromatic rings. The summed E-state index contributed by atoms with van der Waals surface area (Å²) in [6.45, 7) is 11.9. The fraction of sp³-hybridized carbons (Fsp3) is 0.625. The molecule has 1 nitrogen and oxygen atoms in total. The molecule has 4 atom stereocenters. The first-order valence-corrected chi connectivity index (χ1v) is 6.89. The molecule has 2 heterocycles. The summed E-state index contributed by atoms with van der Waals surface area (Å²) >= 11 is 0. The molecule has 0 N–H and O–H groups in total. The topological polar surface area (TPSA) is 3.24 Å². The number of fused-ring (bicyclic) bond motifs is 2. The van der Waals surface area contributed by atoms with Crippen LogP contribution in [0.1, 0.15) is 41.5 Å². The van der Waals surface area contributed by atoms with E-state index in [0.29, 0.717) is 0 Å². The first kappa shape index (κ1) is 11.3. The van der Waals surface area contributed by atoms with Gasteiger partial charge in [0.05, 0.1) is 0 Å². The molecule has 4 unspecified atom stereocenters. The molecule has 2 fully saturated rings. The van der Waals surface area contributed by atoms with E-state index in [0.717, 1.165) is 17.9 Å². The fourth-order valence-corrected chi connectivity index (χ4v) is 4.03. The van der Waals surface area contributed by atoms with Crippen molar-refractivity contribution in [2.75, 3.05) is 13.1 Å². The zero-order valence-electron chi connectivity index (χ0n) is 11.5. The van der Waals surface area contributed by atoms with Crippen LogP contribution in [0.15, 0.2) is 12.1 Å². The van der Waals surface area contributed by atoms with Gasteiger partial charge in [-0.25, -0.2) is 0 Å². The zero-order valence-corrected chi connectivity index (χ0v) is 11.5. The van der Waals surface area contributed by atoms with Crippen LogP contribution in [0.3, 0.4) is 0 Å². The Morgan fingerprint density at radius 3 is 2.59 bits per heavy atom. The minimum absolute atomic E-state index is 0.744. The monoisotopic (exact) mass is 229 g/mol. The quantitative estimate of drug-likeness (QED) is 0.713. The molecule has 0 aliphatic carbocycles. The van der Waals surface area contributed by atoms with Gasteiger partial charge in [0.15, 0.2) is 0 Å². The van der Waals surface area contributed by atoms with E-state index in [1.807, 2.05) is 0 Å². The first-order chi connectivity index (χ1) is 8.08. The maximum absolute atomic E-state index is 2.67. The second-order valence-electron chi connectivity index (χ2n) is 6.11. The molecule has 17 heavy (non-hydrogen) atoms. The van der Waals surface area contributed by atoms with Crippen molar-refractivity contribution in [3.05, 3.63) is 34.4 Å². The van der Waals surface area contributed by atoms with Crippen molar-refractivity contribution >= 4 is 0 Å². The third-order valence-corrected chi connectivity index (χ3v) is 5.07. The predicted molar refractivity (Wildman–Crippen MR) is 72.5 cm³/mol. The molecule has 0 saturated carbocycles. The Bertz CT molecular complexity index is 447. The second kappa shape index (κ2) is 3.84. The molecule has 2 aliphatic rings. The van der Waals surface area contributed by atoms with E-state index in [1.54, 1.807) is 5.56 Å². The fourth-order valence-electron chi connectivity index (χ4n) is 4.03. The summed E-state index contributed by atoms with van der Waals surface area (Å²) in [6, 6.07) is 5.50. The van der Waals surface area contributed by atoms with E-state index in [1.165, 1.54) is 36.2 Å². The third-order valence-electron chi connectivity index (χ3n) is 5.07. The van der Waals surface area contributed by atoms with Crippen LogP contribution in [-0.4, -0.2) is 24.0 Å². The van der Waals surface area contributed by atoms with Crippen LogP contribution >= 0.6 is 0 Å². The standard InChI is InChI=1S/C16H23N/c1-10-7-11(2)12(3)15(8-10)16-13(4)17-6-5-14(16)9-17/h7-8,13-14,16H,5-6,9H2,1-4H3. The van der Waals surface area contributed by atoms with Crippen molar-refractivity contribution < 1.29 is 0 Å². The van der Waals surface area contributed by atoms with Gasteiger partial charge in [-0.2, -0.15) is 0 Å². The predicted octanol–water partition coefficient (Wildman–Crippen LogP) is 3.42. The third kappa shape index (κ3) is 1.63. The summed E-state index contributed by atoms with van der Waals surface area (Å²) in [7, 11) is 0. The maximum atomic E-state index is 2.67. The van der Waals surface area contributed by atoms with E-state index < -0.39 is 0 Å². The molecule has 1 heteroatoms. The van der Waals surface area contributed by atoms with Crippen molar-refractivity contribution in [3.8, 4) is 0 Å². The molecule has 0 radical (unpaired) electrons. The van der Waals surface area contributed by atoms with E-state index >= 15 is 0 Å². The molecule has 2 saturated heterocycles. The molecule has 92 valence electrons. The van der Waals surface area contributed by atoms with Crippen LogP contribution in [0.25, 0.3) is 0 Å². The van der Waals surface area contributed by atoms with Gasteiger partial charge in [0, 0.05) is 18.5 Å². The molecule has 1 aromatic carbocycles. The van der Waals surface area contributed by atoms with Crippen LogP contribution in [0, 0.1) is 26.7 Å². The molecule has 0 amide bonds. The number of piperidine rings is 1. The summed E-state index contributed by atoms with van der Waals surface area (Å²) in [5, 5.41) is 0.